The van der Waals surface area contributed by atoms with E-state index < -0.39 is 5.97 Å². The number of aromatic nitrogens is 3. The van der Waals surface area contributed by atoms with E-state index in [0.717, 1.165) is 58.2 Å². The summed E-state index contributed by atoms with van der Waals surface area (Å²) >= 11 is 0. The van der Waals surface area contributed by atoms with Crippen molar-refractivity contribution in [2.45, 2.75) is 39.7 Å². The van der Waals surface area contributed by atoms with Crippen molar-refractivity contribution in [2.75, 3.05) is 6.54 Å². The Balaban J connectivity index is 1.31. The van der Waals surface area contributed by atoms with Crippen LogP contribution < -0.4 is 5.32 Å². The molecule has 216 valence electrons. The first kappa shape index (κ1) is 28.0. The highest BCUT2D eigenvalue weighted by molar-refractivity contribution is 5.98. The molecule has 0 spiro atoms. The maximum Gasteiger partial charge on any atom is 0.337 e. The van der Waals surface area contributed by atoms with E-state index in [1.807, 2.05) is 72.3 Å². The zero-order chi connectivity index (χ0) is 29.9. The van der Waals surface area contributed by atoms with Crippen LogP contribution >= 0.6 is 0 Å². The summed E-state index contributed by atoms with van der Waals surface area (Å²) in [6.07, 6.45) is 4.48. The number of hydrogen-bond donors (Lipinski definition) is 2. The Kier molecular flexibility index (Phi) is 7.79. The normalized spacial score (nSPS) is 11.3. The Bertz CT molecular complexity index is 1950. The molecule has 6 aromatic rings. The number of aromatic carboxylic acids is 1. The third kappa shape index (κ3) is 5.66. The van der Waals surface area contributed by atoms with Crippen molar-refractivity contribution in [3.8, 4) is 5.69 Å². The van der Waals surface area contributed by atoms with Gasteiger partial charge in [0.15, 0.2) is 0 Å². The van der Waals surface area contributed by atoms with Crippen LogP contribution in [0.3, 0.4) is 0 Å². The summed E-state index contributed by atoms with van der Waals surface area (Å²) in [6.45, 7) is 5.33. The highest BCUT2D eigenvalue weighted by Gasteiger charge is 2.17. The smallest absolute Gasteiger partial charge is 0.337 e. The van der Waals surface area contributed by atoms with Crippen LogP contribution in [0, 0.1) is 6.92 Å². The number of nitrogens with one attached hydrogen (secondary N) is 1. The molecule has 43 heavy (non-hydrogen) atoms. The third-order valence-corrected chi connectivity index (χ3v) is 7.89. The molecule has 1 amide bonds. The van der Waals surface area contributed by atoms with E-state index >= 15 is 0 Å². The maximum absolute atomic E-state index is 13.2. The van der Waals surface area contributed by atoms with Crippen molar-refractivity contribution in [3.05, 3.63) is 131 Å². The van der Waals surface area contributed by atoms with Gasteiger partial charge >= 0.3 is 5.97 Å². The molecular weight excluding hydrogens is 536 g/mol. The summed E-state index contributed by atoms with van der Waals surface area (Å²) in [4.78, 5) is 30.0. The summed E-state index contributed by atoms with van der Waals surface area (Å²) in [5.41, 5.74) is 7.60. The Hall–Kier alpha value is -5.17. The molecule has 6 rings (SSSR count). The van der Waals surface area contributed by atoms with Crippen LogP contribution in [-0.2, 0) is 19.4 Å². The maximum atomic E-state index is 13.2. The number of aryl methyl sites for hydroxylation is 2. The number of carbonyl (C=O) groups excluding carboxylic acids is 1. The van der Waals surface area contributed by atoms with Crippen LogP contribution in [0.2, 0.25) is 0 Å². The van der Waals surface area contributed by atoms with Crippen LogP contribution in [0.5, 0.6) is 0 Å². The number of fused-ring (bicyclic) bond motifs is 2. The molecule has 2 aromatic heterocycles. The second kappa shape index (κ2) is 12.0. The van der Waals surface area contributed by atoms with Crippen LogP contribution in [-0.4, -0.2) is 37.6 Å². The van der Waals surface area contributed by atoms with Crippen molar-refractivity contribution in [2.24, 2.45) is 0 Å². The van der Waals surface area contributed by atoms with Gasteiger partial charge in [0.1, 0.15) is 5.82 Å². The molecule has 2 N–H and O–H groups in total. The van der Waals surface area contributed by atoms with E-state index in [1.54, 1.807) is 12.1 Å². The van der Waals surface area contributed by atoms with Gasteiger partial charge in [-0.05, 0) is 78.9 Å². The fourth-order valence-corrected chi connectivity index (χ4v) is 5.78. The molecule has 0 aliphatic heterocycles. The van der Waals surface area contributed by atoms with Gasteiger partial charge in [-0.15, -0.1) is 0 Å². The standard InChI is InChI=1S/C36H34N4O3/c1-3-9-33-38-34-24(2)20-28(35(41)37-18-16-25-10-5-4-6-11-25)22-32(34)40(33)23-26-14-15-30-27(21-26)17-19-39(30)31-13-8-7-12-29(31)36(42)43/h4-8,10-15,17,19-22H,3,9,16,18,23H2,1-2H3,(H,37,41)(H,42,43). The lowest BCUT2D eigenvalue weighted by molar-refractivity contribution is 0.0696. The van der Waals surface area contributed by atoms with Crippen molar-refractivity contribution in [3.63, 3.8) is 0 Å². The van der Waals surface area contributed by atoms with E-state index in [-0.39, 0.29) is 11.5 Å². The highest BCUT2D eigenvalue weighted by Crippen LogP contribution is 2.27. The average Bonchev–Trinajstić information content (AvgIpc) is 3.59. The first-order valence-electron chi connectivity index (χ1n) is 14.7. The van der Waals surface area contributed by atoms with Crippen LogP contribution in [0.1, 0.15) is 56.6 Å². The van der Waals surface area contributed by atoms with Crippen molar-refractivity contribution < 1.29 is 14.7 Å². The fraction of sp³-hybridized carbons (Fsp3) is 0.194. The number of rotatable bonds is 10. The summed E-state index contributed by atoms with van der Waals surface area (Å²) in [6, 6.07) is 29.3. The number of carbonyl (C=O) groups is 2. The second-order valence-electron chi connectivity index (χ2n) is 10.9. The largest absolute Gasteiger partial charge is 0.478 e. The van der Waals surface area contributed by atoms with E-state index in [9.17, 15) is 14.7 Å². The lowest BCUT2D eigenvalue weighted by Crippen LogP contribution is -2.25. The number of benzene rings is 4. The Morgan fingerprint density at radius 1 is 0.860 bits per heavy atom. The van der Waals surface area contributed by atoms with Crippen LogP contribution in [0.15, 0.2) is 97.2 Å². The fourth-order valence-electron chi connectivity index (χ4n) is 5.78. The molecule has 4 aromatic carbocycles. The number of hydrogen-bond acceptors (Lipinski definition) is 3. The zero-order valence-corrected chi connectivity index (χ0v) is 24.4. The molecule has 0 bridgehead atoms. The Morgan fingerprint density at radius 3 is 2.44 bits per heavy atom. The number of para-hydroxylation sites is 1. The van der Waals surface area contributed by atoms with Gasteiger partial charge in [0.2, 0.25) is 0 Å². The van der Waals surface area contributed by atoms with Gasteiger partial charge in [0.25, 0.3) is 5.91 Å². The lowest BCUT2D eigenvalue weighted by atomic mass is 10.1. The van der Waals surface area contributed by atoms with E-state index in [2.05, 4.69) is 41.1 Å². The Morgan fingerprint density at radius 2 is 1.65 bits per heavy atom. The lowest BCUT2D eigenvalue weighted by Gasteiger charge is -2.12. The van der Waals surface area contributed by atoms with E-state index in [0.29, 0.717) is 24.3 Å². The van der Waals surface area contributed by atoms with Crippen LogP contribution in [0.25, 0.3) is 27.6 Å². The van der Waals surface area contributed by atoms with Crippen molar-refractivity contribution >= 4 is 33.8 Å². The number of carboxylic acids is 1. The van der Waals surface area contributed by atoms with Gasteiger partial charge < -0.3 is 19.6 Å². The van der Waals surface area contributed by atoms with Gasteiger partial charge in [-0.25, -0.2) is 9.78 Å². The minimum atomic E-state index is -0.955. The quantitative estimate of drug-likeness (QED) is 0.186. The van der Waals surface area contributed by atoms with Gasteiger partial charge in [-0.2, -0.15) is 0 Å². The van der Waals surface area contributed by atoms with E-state index in [4.69, 9.17) is 4.98 Å². The van der Waals surface area contributed by atoms with Gasteiger partial charge in [-0.3, -0.25) is 4.79 Å². The zero-order valence-electron chi connectivity index (χ0n) is 24.4. The van der Waals surface area contributed by atoms with E-state index in [1.165, 1.54) is 5.56 Å². The summed E-state index contributed by atoms with van der Waals surface area (Å²) in [5, 5.41) is 13.8. The molecule has 2 heterocycles. The molecule has 7 heteroatoms. The Labute approximate surface area is 250 Å². The molecule has 0 saturated carbocycles. The molecule has 7 nitrogen and oxygen atoms in total. The van der Waals surface area contributed by atoms with Crippen molar-refractivity contribution in [1.82, 2.24) is 19.4 Å². The number of imidazole rings is 1. The molecule has 0 unspecified atom stereocenters. The molecule has 0 radical (unpaired) electrons. The van der Waals surface area contributed by atoms with Crippen LogP contribution in [0.4, 0.5) is 0 Å². The SMILES string of the molecule is CCCc1nc2c(C)cc(C(=O)NCCc3ccccc3)cc2n1Cc1ccc2c(ccn2-c2ccccc2C(=O)O)c1. The molecule has 0 atom stereocenters. The summed E-state index contributed by atoms with van der Waals surface area (Å²) in [7, 11) is 0. The van der Waals surface area contributed by atoms with Crippen molar-refractivity contribution in [1.29, 1.82) is 0 Å². The topological polar surface area (TPSA) is 89.2 Å². The number of carboxylic acid groups (broad SMARTS) is 1. The summed E-state index contributed by atoms with van der Waals surface area (Å²) < 4.78 is 4.15. The molecule has 0 saturated heterocycles. The van der Waals surface area contributed by atoms with Gasteiger partial charge in [-0.1, -0.05) is 55.5 Å². The van der Waals surface area contributed by atoms with Gasteiger partial charge in [0, 0.05) is 36.7 Å². The first-order valence-corrected chi connectivity index (χ1v) is 14.7. The second-order valence-corrected chi connectivity index (χ2v) is 10.9. The highest BCUT2D eigenvalue weighted by atomic mass is 16.4. The molecule has 0 aliphatic carbocycles. The molecule has 0 fully saturated rings. The number of amides is 1. The first-order chi connectivity index (χ1) is 20.9. The van der Waals surface area contributed by atoms with Gasteiger partial charge in [0.05, 0.1) is 27.8 Å². The summed E-state index contributed by atoms with van der Waals surface area (Å²) in [5.74, 6) is -0.0468. The number of nitrogens with zero attached hydrogens (tertiary/aromatic N) is 3. The third-order valence-electron chi connectivity index (χ3n) is 7.89. The minimum Gasteiger partial charge on any atom is -0.478 e. The predicted octanol–water partition coefficient (Wildman–Crippen LogP) is 6.96. The molecular formula is C36H34N4O3. The molecule has 0 aliphatic rings. The average molecular weight is 571 g/mol. The predicted molar refractivity (Wildman–Crippen MR) is 170 cm³/mol. The monoisotopic (exact) mass is 570 g/mol. The minimum absolute atomic E-state index is 0.0878.